The van der Waals surface area contributed by atoms with Gasteiger partial charge in [-0.2, -0.15) is 0 Å². The maximum atomic E-state index is 14.0. The molecule has 16 heteroatoms. The normalized spacial score (nSPS) is 21.0. The molecule has 5 aromatic rings. The molecule has 3 saturated heterocycles. The third kappa shape index (κ3) is 9.18. The number of hydrogen-bond donors (Lipinski definition) is 3. The van der Waals surface area contributed by atoms with Gasteiger partial charge in [0.15, 0.2) is 0 Å². The molecule has 0 radical (unpaired) electrons. The lowest BCUT2D eigenvalue weighted by atomic mass is 9.59. The molecule has 3 N–H and O–H groups in total. The Kier molecular flexibility index (Phi) is 12.0. The Labute approximate surface area is 380 Å². The van der Waals surface area contributed by atoms with E-state index >= 15 is 0 Å². The number of nitro groups is 1. The summed E-state index contributed by atoms with van der Waals surface area (Å²) in [6.07, 6.45) is 12.1. The first-order valence-corrected chi connectivity index (χ1v) is 24.8. The van der Waals surface area contributed by atoms with Crippen molar-refractivity contribution in [2.45, 2.75) is 81.2 Å². The lowest BCUT2D eigenvalue weighted by molar-refractivity contribution is -0.384. The number of nitrogens with zero attached hydrogens (tertiary/aromatic N) is 5. The summed E-state index contributed by atoms with van der Waals surface area (Å²) in [4.78, 5) is 40.4. The van der Waals surface area contributed by atoms with Crippen molar-refractivity contribution in [3.8, 4) is 11.5 Å². The number of anilines is 2. The number of nitrogens with one attached hydrogen (secondary N) is 3. The van der Waals surface area contributed by atoms with Gasteiger partial charge in [0.1, 0.15) is 22.8 Å². The number of aromatic nitrogens is 2. The van der Waals surface area contributed by atoms with E-state index in [1.165, 1.54) is 43.4 Å². The van der Waals surface area contributed by atoms with Crippen LogP contribution < -0.4 is 19.7 Å². The van der Waals surface area contributed by atoms with E-state index in [9.17, 15) is 23.3 Å². The van der Waals surface area contributed by atoms with E-state index in [1.54, 1.807) is 36.2 Å². The van der Waals surface area contributed by atoms with Gasteiger partial charge >= 0.3 is 0 Å². The Balaban J connectivity index is 0.843. The molecule has 10 rings (SSSR count). The van der Waals surface area contributed by atoms with Crippen LogP contribution in [-0.4, -0.2) is 104 Å². The van der Waals surface area contributed by atoms with Gasteiger partial charge in [-0.05, 0) is 123 Å². The summed E-state index contributed by atoms with van der Waals surface area (Å²) < 4.78 is 41.4. The van der Waals surface area contributed by atoms with Crippen molar-refractivity contribution in [2.75, 3.05) is 69.2 Å². The van der Waals surface area contributed by atoms with Crippen molar-refractivity contribution in [3.05, 3.63) is 112 Å². The molecule has 2 saturated carbocycles. The highest BCUT2D eigenvalue weighted by molar-refractivity contribution is 7.90. The summed E-state index contributed by atoms with van der Waals surface area (Å²) in [6, 6.07) is 22.7. The number of pyridine rings is 1. The molecule has 3 aromatic carbocycles. The summed E-state index contributed by atoms with van der Waals surface area (Å²) in [6.45, 7) is 10.1. The van der Waals surface area contributed by atoms with Gasteiger partial charge in [-0.25, -0.2) is 18.1 Å². The van der Waals surface area contributed by atoms with Crippen LogP contribution in [0.5, 0.6) is 11.5 Å². The standard InChI is InChI=1S/C49H58N8O7S/c1-2-54-21-22-56(45(32-54)41-6-4-3-5-40(41)34-7-8-34)37-28-49(29-37)16-19-55(20-17-49)36-9-11-42(46(26-36)64-38-25-35-13-18-50-47(35)52-31-38)48(58)53-65(61,62)39-10-12-43(44(27-39)57(59)60)51-30-33-14-23-63-24-15-33/h3-6,9-13,18,25-27,31,33-34,37,45,51H,2,7-8,14-17,19-24,28-30,32H2,1H3,(H,50,52)(H,53,58). The van der Waals surface area contributed by atoms with Crippen LogP contribution in [0.2, 0.25) is 0 Å². The van der Waals surface area contributed by atoms with Gasteiger partial charge in [0.05, 0.1) is 21.6 Å². The zero-order valence-electron chi connectivity index (χ0n) is 36.9. The minimum absolute atomic E-state index is 0.00737. The highest BCUT2D eigenvalue weighted by Crippen LogP contribution is 2.54. The number of amides is 1. The molecule has 1 atom stereocenters. The number of carbonyl (C=O) groups is 1. The largest absolute Gasteiger partial charge is 0.455 e. The number of H-pyrrole nitrogens is 1. The Hall–Kier alpha value is -5.55. The van der Waals surface area contributed by atoms with E-state index in [2.05, 4.69) is 65.9 Å². The third-order valence-electron chi connectivity index (χ3n) is 14.8. The summed E-state index contributed by atoms with van der Waals surface area (Å²) >= 11 is 0. The molecular formula is C49H58N8O7S. The molecule has 0 bridgehead atoms. The Morgan fingerprint density at radius 3 is 2.51 bits per heavy atom. The van der Waals surface area contributed by atoms with Gasteiger partial charge in [0.2, 0.25) is 0 Å². The number of nitro benzene ring substituents is 1. The summed E-state index contributed by atoms with van der Waals surface area (Å²) in [5, 5.41) is 16.0. The number of hydrogen-bond acceptors (Lipinski definition) is 12. The second-order valence-corrected chi connectivity index (χ2v) is 20.5. The fraction of sp³-hybridized carbons (Fsp3) is 0.469. The van der Waals surface area contributed by atoms with Crippen LogP contribution in [0.25, 0.3) is 11.0 Å². The minimum Gasteiger partial charge on any atom is -0.455 e. The van der Waals surface area contributed by atoms with Gasteiger partial charge in [-0.15, -0.1) is 0 Å². The molecule has 5 heterocycles. The lowest BCUT2D eigenvalue weighted by Gasteiger charge is -2.58. The second kappa shape index (κ2) is 18.0. The highest BCUT2D eigenvalue weighted by atomic mass is 32.2. The van der Waals surface area contributed by atoms with Gasteiger partial charge < -0.3 is 29.6 Å². The smallest absolute Gasteiger partial charge is 0.293 e. The summed E-state index contributed by atoms with van der Waals surface area (Å²) in [5.74, 6) is 0.610. The Bertz CT molecular complexity index is 2670. The van der Waals surface area contributed by atoms with E-state index in [0.717, 1.165) is 82.1 Å². The van der Waals surface area contributed by atoms with Crippen molar-refractivity contribution in [3.63, 3.8) is 0 Å². The number of fused-ring (bicyclic) bond motifs is 1. The Morgan fingerprint density at radius 2 is 1.75 bits per heavy atom. The zero-order valence-corrected chi connectivity index (χ0v) is 37.7. The predicted molar refractivity (Wildman–Crippen MR) is 249 cm³/mol. The highest BCUT2D eigenvalue weighted by Gasteiger charge is 2.50. The predicted octanol–water partition coefficient (Wildman–Crippen LogP) is 8.23. The molecule has 65 heavy (non-hydrogen) atoms. The van der Waals surface area contributed by atoms with Crippen LogP contribution in [0.15, 0.2) is 90.1 Å². The lowest BCUT2D eigenvalue weighted by Crippen LogP contribution is -2.60. The average Bonchev–Trinajstić information content (AvgIpc) is 4.06. The third-order valence-corrected chi connectivity index (χ3v) is 16.1. The molecule has 5 aliphatic rings. The fourth-order valence-electron chi connectivity index (χ4n) is 10.8. The van der Waals surface area contributed by atoms with Crippen LogP contribution in [0, 0.1) is 21.4 Å². The number of piperidine rings is 1. The molecule has 1 unspecified atom stereocenters. The monoisotopic (exact) mass is 902 g/mol. The molecule has 342 valence electrons. The fourth-order valence-corrected chi connectivity index (χ4v) is 11.7. The quantitative estimate of drug-likeness (QED) is 0.0721. The molecule has 15 nitrogen and oxygen atoms in total. The minimum atomic E-state index is -4.54. The van der Waals surface area contributed by atoms with Crippen molar-refractivity contribution in [1.82, 2.24) is 24.5 Å². The number of carbonyl (C=O) groups excluding carboxylic acids is 1. The van der Waals surface area contributed by atoms with Crippen molar-refractivity contribution in [1.29, 1.82) is 0 Å². The zero-order chi connectivity index (χ0) is 44.7. The van der Waals surface area contributed by atoms with Gasteiger partial charge in [-0.3, -0.25) is 19.8 Å². The van der Waals surface area contributed by atoms with E-state index in [0.29, 0.717) is 54.6 Å². The van der Waals surface area contributed by atoms with Crippen molar-refractivity contribution >= 4 is 44.0 Å². The van der Waals surface area contributed by atoms with Gasteiger partial charge in [0, 0.05) is 94.0 Å². The van der Waals surface area contributed by atoms with E-state index in [-0.39, 0.29) is 22.9 Å². The average molecular weight is 903 g/mol. The number of benzene rings is 3. The van der Waals surface area contributed by atoms with Crippen LogP contribution in [-0.2, 0) is 14.8 Å². The summed E-state index contributed by atoms with van der Waals surface area (Å²) in [5.41, 5.74) is 4.73. The SMILES string of the molecule is CCN1CCN(C2CC3(CCN(c4ccc(C(=O)NS(=O)(=O)c5ccc(NCC6CCOCC6)c([N+](=O)[O-])c5)c(Oc5cnc6[nH]ccc6c5)c4)CC3)C2)C(c2ccccc2C2CC2)C1. The molecule has 2 aromatic heterocycles. The summed E-state index contributed by atoms with van der Waals surface area (Å²) in [7, 11) is -4.54. The number of ether oxygens (including phenoxy) is 2. The molecule has 5 fully saturated rings. The van der Waals surface area contributed by atoms with Gasteiger partial charge in [-0.1, -0.05) is 31.2 Å². The first-order chi connectivity index (χ1) is 31.5. The second-order valence-electron chi connectivity index (χ2n) is 18.8. The molecular weight excluding hydrogens is 845 g/mol. The van der Waals surface area contributed by atoms with Crippen LogP contribution >= 0.6 is 0 Å². The molecule has 1 spiro atoms. The van der Waals surface area contributed by atoms with Crippen LogP contribution in [0.4, 0.5) is 17.1 Å². The first kappa shape index (κ1) is 43.3. The van der Waals surface area contributed by atoms with E-state index < -0.39 is 31.4 Å². The maximum absolute atomic E-state index is 14.0. The van der Waals surface area contributed by atoms with Crippen molar-refractivity contribution < 1.29 is 27.6 Å². The number of sulfonamides is 1. The topological polar surface area (TPSA) is 175 Å². The van der Waals surface area contributed by atoms with Gasteiger partial charge in [0.25, 0.3) is 21.6 Å². The molecule has 3 aliphatic heterocycles. The first-order valence-electron chi connectivity index (χ1n) is 23.3. The van der Waals surface area contributed by atoms with Crippen LogP contribution in [0.1, 0.15) is 91.7 Å². The number of likely N-dealkylation sites (N-methyl/N-ethyl adjacent to an activating group) is 1. The molecule has 1 amide bonds. The number of aromatic amines is 1. The number of piperazine rings is 1. The van der Waals surface area contributed by atoms with Crippen molar-refractivity contribution in [2.24, 2.45) is 11.3 Å². The molecule has 2 aliphatic carbocycles. The maximum Gasteiger partial charge on any atom is 0.293 e. The van der Waals surface area contributed by atoms with E-state index in [1.807, 2.05) is 12.1 Å². The Morgan fingerprint density at radius 1 is 0.969 bits per heavy atom. The van der Waals surface area contributed by atoms with Crippen LogP contribution in [0.3, 0.4) is 0 Å². The van der Waals surface area contributed by atoms with E-state index in [4.69, 9.17) is 9.47 Å². The number of rotatable bonds is 14.